The summed E-state index contributed by atoms with van der Waals surface area (Å²) in [7, 11) is 0. The molecule has 2 saturated heterocycles. The van der Waals surface area contributed by atoms with Crippen LogP contribution in [0.25, 0.3) is 0 Å². The predicted octanol–water partition coefficient (Wildman–Crippen LogP) is 1.67. The number of ether oxygens (including phenoxy) is 1. The average Bonchev–Trinajstić information content (AvgIpc) is 2.98. The number of hydrogen-bond donors (Lipinski definition) is 0. The molecule has 0 saturated carbocycles. The van der Waals surface area contributed by atoms with E-state index < -0.39 is 0 Å². The van der Waals surface area contributed by atoms with Gasteiger partial charge in [-0.2, -0.15) is 0 Å². The topological polar surface area (TPSA) is 45.7 Å². The molecule has 0 spiro atoms. The quantitative estimate of drug-likeness (QED) is 0.772. The molecule has 2 aliphatic rings. The van der Waals surface area contributed by atoms with Crippen LogP contribution in [0.1, 0.15) is 24.4 Å². The number of urea groups is 1. The molecule has 1 unspecified atom stereocenters. The largest absolute Gasteiger partial charge is 0.378 e. The van der Waals surface area contributed by atoms with Gasteiger partial charge in [0, 0.05) is 32.0 Å². The van der Waals surface area contributed by atoms with Crippen LogP contribution >= 0.6 is 0 Å². The van der Waals surface area contributed by atoms with Crippen LogP contribution in [0.2, 0.25) is 0 Å². The lowest BCUT2D eigenvalue weighted by molar-refractivity contribution is 0.0421. The third kappa shape index (κ3) is 2.56. The fraction of sp³-hybridized carbons (Fsp3) is 0.571. The lowest BCUT2D eigenvalue weighted by atomic mass is 10.1. The number of pyridine rings is 1. The van der Waals surface area contributed by atoms with E-state index in [0.29, 0.717) is 26.3 Å². The highest BCUT2D eigenvalue weighted by atomic mass is 16.5. The summed E-state index contributed by atoms with van der Waals surface area (Å²) in [6, 6.07) is 4.38. The second-order valence-corrected chi connectivity index (χ2v) is 5.01. The summed E-state index contributed by atoms with van der Waals surface area (Å²) in [5.74, 6) is 0. The number of carbonyl (C=O) groups is 1. The van der Waals surface area contributed by atoms with E-state index in [1.165, 1.54) is 5.56 Å². The normalized spacial score (nSPS) is 23.7. The molecule has 3 rings (SSSR count). The van der Waals surface area contributed by atoms with E-state index in [0.717, 1.165) is 19.4 Å². The van der Waals surface area contributed by atoms with Gasteiger partial charge in [-0.05, 0) is 30.5 Å². The number of hydrogen-bond acceptors (Lipinski definition) is 3. The summed E-state index contributed by atoms with van der Waals surface area (Å²) >= 11 is 0. The molecule has 3 heterocycles. The van der Waals surface area contributed by atoms with Gasteiger partial charge in [0.1, 0.15) is 0 Å². The number of rotatable bonds is 1. The highest BCUT2D eigenvalue weighted by molar-refractivity contribution is 5.75. The zero-order chi connectivity index (χ0) is 13.1. The lowest BCUT2D eigenvalue weighted by Gasteiger charge is -2.34. The van der Waals surface area contributed by atoms with E-state index in [9.17, 15) is 4.79 Å². The first-order chi connectivity index (χ1) is 9.36. The summed E-state index contributed by atoms with van der Waals surface area (Å²) in [5, 5.41) is 0. The first-order valence-electron chi connectivity index (χ1n) is 6.89. The molecule has 1 aromatic heterocycles. The maximum atomic E-state index is 12.6. The fourth-order valence-electron chi connectivity index (χ4n) is 2.86. The predicted molar refractivity (Wildman–Crippen MR) is 70.7 cm³/mol. The zero-order valence-electron chi connectivity index (χ0n) is 11.0. The van der Waals surface area contributed by atoms with Gasteiger partial charge >= 0.3 is 6.03 Å². The maximum absolute atomic E-state index is 12.6. The van der Waals surface area contributed by atoms with Crippen LogP contribution in [0.3, 0.4) is 0 Å². The Labute approximate surface area is 113 Å². The van der Waals surface area contributed by atoms with E-state index in [-0.39, 0.29) is 12.1 Å². The van der Waals surface area contributed by atoms with Gasteiger partial charge in [0.25, 0.3) is 0 Å². The van der Waals surface area contributed by atoms with Crippen molar-refractivity contribution in [3.05, 3.63) is 30.1 Å². The van der Waals surface area contributed by atoms with Crippen molar-refractivity contribution in [3.8, 4) is 0 Å². The molecule has 102 valence electrons. The Morgan fingerprint density at radius 3 is 2.68 bits per heavy atom. The van der Waals surface area contributed by atoms with Gasteiger partial charge in [0.15, 0.2) is 0 Å². The highest BCUT2D eigenvalue weighted by Gasteiger charge is 2.33. The Morgan fingerprint density at radius 1 is 1.21 bits per heavy atom. The van der Waals surface area contributed by atoms with Gasteiger partial charge < -0.3 is 14.5 Å². The minimum Gasteiger partial charge on any atom is -0.378 e. The summed E-state index contributed by atoms with van der Waals surface area (Å²) in [6.45, 7) is 3.57. The summed E-state index contributed by atoms with van der Waals surface area (Å²) in [4.78, 5) is 20.5. The average molecular weight is 261 g/mol. The van der Waals surface area contributed by atoms with Gasteiger partial charge in [0.05, 0.1) is 19.3 Å². The number of amides is 2. The molecule has 2 amide bonds. The number of aromatic nitrogens is 1. The molecule has 0 radical (unpaired) electrons. The molecule has 0 aromatic carbocycles. The Kier molecular flexibility index (Phi) is 3.64. The van der Waals surface area contributed by atoms with E-state index in [4.69, 9.17) is 4.74 Å². The summed E-state index contributed by atoms with van der Waals surface area (Å²) < 4.78 is 5.30. The molecule has 19 heavy (non-hydrogen) atoms. The molecule has 5 heteroatoms. The van der Waals surface area contributed by atoms with Crippen LogP contribution in [0.15, 0.2) is 24.5 Å². The molecular formula is C14H19N3O2. The van der Waals surface area contributed by atoms with Gasteiger partial charge in [-0.1, -0.05) is 0 Å². The van der Waals surface area contributed by atoms with Crippen LogP contribution < -0.4 is 0 Å². The number of carbonyl (C=O) groups excluding carboxylic acids is 1. The van der Waals surface area contributed by atoms with Crippen molar-refractivity contribution in [2.75, 3.05) is 32.8 Å². The monoisotopic (exact) mass is 261 g/mol. The molecule has 0 aliphatic carbocycles. The standard InChI is InChI=1S/C14H19N3O2/c18-14(16-8-10-19-11-9-16)17-7-1-2-13(17)12-3-5-15-6-4-12/h3-6,13H,1-2,7-11H2. The SMILES string of the molecule is O=C(N1CCOCC1)N1CCCC1c1ccncc1. The molecule has 2 aliphatic heterocycles. The molecule has 1 atom stereocenters. The molecule has 0 N–H and O–H groups in total. The van der Waals surface area contributed by atoms with Gasteiger partial charge in [-0.25, -0.2) is 4.79 Å². The van der Waals surface area contributed by atoms with Crippen molar-refractivity contribution in [3.63, 3.8) is 0 Å². The Hall–Kier alpha value is -1.62. The van der Waals surface area contributed by atoms with Crippen LogP contribution in [-0.2, 0) is 4.74 Å². The van der Waals surface area contributed by atoms with Crippen molar-refractivity contribution < 1.29 is 9.53 Å². The molecule has 2 fully saturated rings. The first kappa shape index (κ1) is 12.4. The third-order valence-electron chi connectivity index (χ3n) is 3.87. The van der Waals surface area contributed by atoms with Crippen molar-refractivity contribution in [1.82, 2.24) is 14.8 Å². The fourth-order valence-corrected chi connectivity index (χ4v) is 2.86. The van der Waals surface area contributed by atoms with E-state index in [2.05, 4.69) is 4.98 Å². The van der Waals surface area contributed by atoms with Crippen LogP contribution in [0, 0.1) is 0 Å². The van der Waals surface area contributed by atoms with E-state index >= 15 is 0 Å². The van der Waals surface area contributed by atoms with Crippen LogP contribution in [0.5, 0.6) is 0 Å². The molecular weight excluding hydrogens is 242 g/mol. The Morgan fingerprint density at radius 2 is 1.95 bits per heavy atom. The van der Waals surface area contributed by atoms with E-state index in [1.54, 1.807) is 12.4 Å². The molecule has 1 aromatic rings. The maximum Gasteiger partial charge on any atom is 0.320 e. The minimum absolute atomic E-state index is 0.155. The Bertz CT molecular complexity index is 432. The van der Waals surface area contributed by atoms with Crippen molar-refractivity contribution in [2.45, 2.75) is 18.9 Å². The molecule has 0 bridgehead atoms. The summed E-state index contributed by atoms with van der Waals surface area (Å²) in [5.41, 5.74) is 1.19. The van der Waals surface area contributed by atoms with Crippen LogP contribution in [-0.4, -0.2) is 53.7 Å². The highest BCUT2D eigenvalue weighted by Crippen LogP contribution is 2.32. The first-order valence-corrected chi connectivity index (χ1v) is 6.89. The van der Waals surface area contributed by atoms with Gasteiger partial charge in [-0.15, -0.1) is 0 Å². The van der Waals surface area contributed by atoms with Crippen LogP contribution in [0.4, 0.5) is 4.79 Å². The Balaban J connectivity index is 1.74. The smallest absolute Gasteiger partial charge is 0.320 e. The van der Waals surface area contributed by atoms with Crippen molar-refractivity contribution in [1.29, 1.82) is 0 Å². The zero-order valence-corrected chi connectivity index (χ0v) is 11.0. The second-order valence-electron chi connectivity index (χ2n) is 5.01. The van der Waals surface area contributed by atoms with Crippen molar-refractivity contribution >= 4 is 6.03 Å². The third-order valence-corrected chi connectivity index (χ3v) is 3.87. The lowest BCUT2D eigenvalue weighted by Crippen LogP contribution is -2.47. The second kappa shape index (κ2) is 5.57. The molecule has 5 nitrogen and oxygen atoms in total. The number of nitrogens with zero attached hydrogens (tertiary/aromatic N) is 3. The number of morpholine rings is 1. The van der Waals surface area contributed by atoms with E-state index in [1.807, 2.05) is 21.9 Å². The van der Waals surface area contributed by atoms with Gasteiger partial charge in [0.2, 0.25) is 0 Å². The summed E-state index contributed by atoms with van der Waals surface area (Å²) in [6.07, 6.45) is 5.71. The minimum atomic E-state index is 0.155. The van der Waals surface area contributed by atoms with Crippen molar-refractivity contribution in [2.24, 2.45) is 0 Å². The number of likely N-dealkylation sites (tertiary alicyclic amines) is 1. The van der Waals surface area contributed by atoms with Gasteiger partial charge in [-0.3, -0.25) is 4.98 Å².